The van der Waals surface area contributed by atoms with Crippen LogP contribution < -0.4 is 14.8 Å². The number of methoxy groups -OCH3 is 1. The number of hydrogen-bond donors (Lipinski definition) is 1. The van der Waals surface area contributed by atoms with E-state index in [4.69, 9.17) is 21.1 Å². The first-order valence-electron chi connectivity index (χ1n) is 8.82. The topological polar surface area (TPSA) is 82.4 Å². The average molecular weight is 432 g/mol. The molecule has 150 valence electrons. The minimum atomic E-state index is -1.01. The van der Waals surface area contributed by atoms with Gasteiger partial charge in [-0.3, -0.25) is 9.00 Å². The second-order valence-corrected chi connectivity index (χ2v) is 8.30. The fourth-order valence-electron chi connectivity index (χ4n) is 3.01. The molecule has 0 spiro atoms. The van der Waals surface area contributed by atoms with Crippen LogP contribution in [0.1, 0.15) is 11.3 Å². The Hall–Kier alpha value is -2.84. The molecule has 2 aromatic carbocycles. The van der Waals surface area contributed by atoms with Crippen LogP contribution in [0.15, 0.2) is 48.5 Å². The SMILES string of the molecule is COc1ccc(-n2nc3c(c2NC(=O)COc2ccc(Cl)cc2)C[S@](=O)C3)cc1. The van der Waals surface area contributed by atoms with Gasteiger partial charge in [0.1, 0.15) is 17.3 Å². The normalized spacial score (nSPS) is 15.0. The Balaban J connectivity index is 1.55. The molecule has 0 fully saturated rings. The van der Waals surface area contributed by atoms with Gasteiger partial charge in [-0.1, -0.05) is 11.6 Å². The van der Waals surface area contributed by atoms with Crippen molar-refractivity contribution < 1.29 is 18.5 Å². The zero-order valence-electron chi connectivity index (χ0n) is 15.6. The molecule has 1 aromatic heterocycles. The first-order valence-corrected chi connectivity index (χ1v) is 10.7. The van der Waals surface area contributed by atoms with Gasteiger partial charge in [0.15, 0.2) is 6.61 Å². The lowest BCUT2D eigenvalue weighted by molar-refractivity contribution is -0.118. The van der Waals surface area contributed by atoms with Crippen molar-refractivity contribution in [3.8, 4) is 17.2 Å². The predicted molar refractivity (Wildman–Crippen MR) is 111 cm³/mol. The van der Waals surface area contributed by atoms with E-state index in [0.29, 0.717) is 28.1 Å². The minimum absolute atomic E-state index is 0.173. The third-order valence-electron chi connectivity index (χ3n) is 4.43. The first-order chi connectivity index (χ1) is 14.0. The summed E-state index contributed by atoms with van der Waals surface area (Å²) >= 11 is 5.85. The standard InChI is InChI=1S/C20H18ClN3O4S/c1-27-15-8-4-14(5-9-15)24-20(17-11-29(26)12-18(17)23-24)22-19(25)10-28-16-6-2-13(21)3-7-16/h2-9H,10-12H2,1H3,(H,22,25)/t29-/m0/s1. The van der Waals surface area contributed by atoms with E-state index in [2.05, 4.69) is 10.4 Å². The highest BCUT2D eigenvalue weighted by Gasteiger charge is 2.28. The maximum absolute atomic E-state index is 12.5. The van der Waals surface area contributed by atoms with Gasteiger partial charge in [0.2, 0.25) is 0 Å². The van der Waals surface area contributed by atoms with Crippen molar-refractivity contribution in [3.63, 3.8) is 0 Å². The molecular weight excluding hydrogens is 414 g/mol. The summed E-state index contributed by atoms with van der Waals surface area (Å²) < 4.78 is 24.3. The fourth-order valence-corrected chi connectivity index (χ4v) is 4.40. The smallest absolute Gasteiger partial charge is 0.263 e. The molecule has 2 heterocycles. The van der Waals surface area contributed by atoms with Crippen molar-refractivity contribution in [2.45, 2.75) is 11.5 Å². The summed E-state index contributed by atoms with van der Waals surface area (Å²) in [5.41, 5.74) is 2.28. The Labute approximate surface area is 175 Å². The molecular formula is C20H18ClN3O4S. The van der Waals surface area contributed by atoms with E-state index >= 15 is 0 Å². The minimum Gasteiger partial charge on any atom is -0.497 e. The summed E-state index contributed by atoms with van der Waals surface area (Å²) in [6, 6.07) is 14.1. The lowest BCUT2D eigenvalue weighted by Crippen LogP contribution is -2.22. The van der Waals surface area contributed by atoms with Crippen LogP contribution in [0.5, 0.6) is 11.5 Å². The molecule has 29 heavy (non-hydrogen) atoms. The van der Waals surface area contributed by atoms with Crippen molar-refractivity contribution in [2.24, 2.45) is 0 Å². The van der Waals surface area contributed by atoms with Crippen molar-refractivity contribution in [1.82, 2.24) is 9.78 Å². The Morgan fingerprint density at radius 3 is 2.52 bits per heavy atom. The summed E-state index contributed by atoms with van der Waals surface area (Å²) in [7, 11) is 0.587. The van der Waals surface area contributed by atoms with Crippen molar-refractivity contribution >= 4 is 34.1 Å². The van der Waals surface area contributed by atoms with Gasteiger partial charge in [0.05, 0.1) is 30.0 Å². The number of rotatable bonds is 6. The van der Waals surface area contributed by atoms with Gasteiger partial charge in [0, 0.05) is 21.4 Å². The number of hydrogen-bond acceptors (Lipinski definition) is 5. The van der Waals surface area contributed by atoms with E-state index < -0.39 is 10.8 Å². The van der Waals surface area contributed by atoms with Gasteiger partial charge in [-0.2, -0.15) is 5.10 Å². The lowest BCUT2D eigenvalue weighted by Gasteiger charge is -2.12. The van der Waals surface area contributed by atoms with Crippen molar-refractivity contribution in [2.75, 3.05) is 19.0 Å². The summed E-state index contributed by atoms with van der Waals surface area (Å²) in [4.78, 5) is 12.5. The number of carbonyl (C=O) groups excluding carboxylic acids is 1. The lowest BCUT2D eigenvalue weighted by atomic mass is 10.2. The zero-order chi connectivity index (χ0) is 20.4. The van der Waals surface area contributed by atoms with E-state index in [1.54, 1.807) is 36.1 Å². The van der Waals surface area contributed by atoms with Crippen LogP contribution in [0, 0.1) is 0 Å². The van der Waals surface area contributed by atoms with Gasteiger partial charge in [-0.15, -0.1) is 0 Å². The molecule has 7 nitrogen and oxygen atoms in total. The van der Waals surface area contributed by atoms with E-state index in [9.17, 15) is 9.00 Å². The van der Waals surface area contributed by atoms with Gasteiger partial charge in [-0.05, 0) is 48.5 Å². The average Bonchev–Trinajstić information content (AvgIpc) is 3.24. The molecule has 0 saturated heterocycles. The number of anilines is 1. The van der Waals surface area contributed by atoms with E-state index in [0.717, 1.165) is 22.7 Å². The van der Waals surface area contributed by atoms with Crippen LogP contribution in [0.2, 0.25) is 5.02 Å². The molecule has 0 saturated carbocycles. The highest BCUT2D eigenvalue weighted by atomic mass is 35.5. The van der Waals surface area contributed by atoms with Crippen molar-refractivity contribution in [1.29, 1.82) is 0 Å². The third kappa shape index (κ3) is 4.28. The van der Waals surface area contributed by atoms with Gasteiger partial charge in [0.25, 0.3) is 5.91 Å². The van der Waals surface area contributed by atoms with Gasteiger partial charge < -0.3 is 14.8 Å². The van der Waals surface area contributed by atoms with Gasteiger partial charge >= 0.3 is 0 Å². The van der Waals surface area contributed by atoms with Crippen LogP contribution in [0.4, 0.5) is 5.82 Å². The maximum atomic E-state index is 12.5. The quantitative estimate of drug-likeness (QED) is 0.647. The third-order valence-corrected chi connectivity index (χ3v) is 5.89. The number of nitrogens with zero attached hydrogens (tertiary/aromatic N) is 2. The number of benzene rings is 2. The predicted octanol–water partition coefficient (Wildman–Crippen LogP) is 3.31. The number of amides is 1. The molecule has 1 aliphatic heterocycles. The highest BCUT2D eigenvalue weighted by Crippen LogP contribution is 2.31. The molecule has 0 bridgehead atoms. The van der Waals surface area contributed by atoms with Gasteiger partial charge in [-0.25, -0.2) is 4.68 Å². The van der Waals surface area contributed by atoms with E-state index in [-0.39, 0.29) is 12.5 Å². The molecule has 1 atom stereocenters. The number of carbonyl (C=O) groups is 1. The molecule has 3 aromatic rings. The summed E-state index contributed by atoms with van der Waals surface area (Å²) in [6.45, 7) is -0.173. The number of halogens is 1. The monoisotopic (exact) mass is 431 g/mol. The van der Waals surface area contributed by atoms with Crippen LogP contribution in [-0.2, 0) is 27.1 Å². The zero-order valence-corrected chi connectivity index (χ0v) is 17.1. The van der Waals surface area contributed by atoms with Crippen molar-refractivity contribution in [3.05, 3.63) is 64.8 Å². The Kier molecular flexibility index (Phi) is 5.55. The molecule has 1 N–H and O–H groups in total. The Morgan fingerprint density at radius 1 is 1.14 bits per heavy atom. The van der Waals surface area contributed by atoms with Crippen LogP contribution in [0.3, 0.4) is 0 Å². The van der Waals surface area contributed by atoms with E-state index in [1.807, 2.05) is 24.3 Å². The number of ether oxygens (including phenoxy) is 2. The molecule has 1 amide bonds. The number of nitrogens with one attached hydrogen (secondary N) is 1. The van der Waals surface area contributed by atoms with Crippen LogP contribution >= 0.6 is 11.6 Å². The summed E-state index contributed by atoms with van der Waals surface area (Å²) in [5, 5.41) is 8.02. The largest absolute Gasteiger partial charge is 0.497 e. The number of aromatic nitrogens is 2. The maximum Gasteiger partial charge on any atom is 0.263 e. The Bertz CT molecular complexity index is 1060. The van der Waals surface area contributed by atoms with E-state index in [1.165, 1.54) is 0 Å². The number of fused-ring (bicyclic) bond motifs is 1. The molecule has 0 aliphatic carbocycles. The van der Waals surface area contributed by atoms with Crippen LogP contribution in [0.25, 0.3) is 5.69 Å². The second kappa shape index (κ2) is 8.26. The fraction of sp³-hybridized carbons (Fsp3) is 0.200. The van der Waals surface area contributed by atoms with Crippen LogP contribution in [-0.4, -0.2) is 33.6 Å². The first kappa shape index (κ1) is 19.5. The molecule has 9 heteroatoms. The molecule has 0 radical (unpaired) electrons. The summed E-state index contributed by atoms with van der Waals surface area (Å²) in [6.07, 6.45) is 0. The molecule has 4 rings (SSSR count). The highest BCUT2D eigenvalue weighted by molar-refractivity contribution is 7.83. The second-order valence-electron chi connectivity index (χ2n) is 6.40. The molecule has 0 unspecified atom stereocenters. The summed E-state index contributed by atoms with van der Waals surface area (Å²) in [5.74, 6) is 2.17. The molecule has 1 aliphatic rings. The Morgan fingerprint density at radius 2 is 1.83 bits per heavy atom.